The lowest BCUT2D eigenvalue weighted by Crippen LogP contribution is -2.15. The van der Waals surface area contributed by atoms with Gasteiger partial charge in [0.15, 0.2) is 17.3 Å². The van der Waals surface area contributed by atoms with Crippen molar-refractivity contribution in [3.63, 3.8) is 0 Å². The van der Waals surface area contributed by atoms with E-state index in [1.54, 1.807) is 6.21 Å². The molecular formula is C25H22ClN3O4S. The number of benzene rings is 3. The smallest absolute Gasteiger partial charge is 0.161 e. The Bertz CT molecular complexity index is 1360. The number of fused-ring (bicyclic) bond motifs is 2. The van der Waals surface area contributed by atoms with Crippen LogP contribution in [-0.2, 0) is 0 Å². The molecule has 1 aromatic heterocycles. The third-order valence-electron chi connectivity index (χ3n) is 5.37. The first-order chi connectivity index (χ1) is 16.6. The molecule has 3 N–H and O–H groups in total. The van der Waals surface area contributed by atoms with E-state index in [0.717, 1.165) is 38.2 Å². The Morgan fingerprint density at radius 2 is 1.97 bits per heavy atom. The highest BCUT2D eigenvalue weighted by molar-refractivity contribution is 7.13. The number of aromatic nitrogens is 1. The van der Waals surface area contributed by atoms with Crippen LogP contribution in [0, 0.1) is 0 Å². The Morgan fingerprint density at radius 3 is 2.82 bits per heavy atom. The Kier molecular flexibility index (Phi) is 6.64. The van der Waals surface area contributed by atoms with Gasteiger partial charge in [-0.3, -0.25) is 4.99 Å². The van der Waals surface area contributed by atoms with Gasteiger partial charge in [-0.1, -0.05) is 35.9 Å². The molecule has 5 rings (SSSR count). The highest BCUT2D eigenvalue weighted by Crippen LogP contribution is 2.40. The second kappa shape index (κ2) is 9.99. The summed E-state index contributed by atoms with van der Waals surface area (Å²) in [6.07, 6.45) is 0.818. The summed E-state index contributed by atoms with van der Waals surface area (Å²) >= 11 is 8.21. The first kappa shape index (κ1) is 22.6. The van der Waals surface area contributed by atoms with Crippen LogP contribution in [0.5, 0.6) is 11.5 Å². The van der Waals surface area contributed by atoms with E-state index in [1.807, 2.05) is 54.6 Å². The molecule has 3 aromatic carbocycles. The highest BCUT2D eigenvalue weighted by atomic mass is 35.5. The number of nitrogens with one attached hydrogen (secondary N) is 1. The van der Waals surface area contributed by atoms with E-state index >= 15 is 0 Å². The molecule has 7 nitrogen and oxygen atoms in total. The second-order valence-electron chi connectivity index (χ2n) is 7.77. The molecule has 1 unspecified atom stereocenters. The predicted octanol–water partition coefficient (Wildman–Crippen LogP) is 4.90. The number of rotatable bonds is 7. The lowest BCUT2D eigenvalue weighted by Gasteiger charge is -2.19. The summed E-state index contributed by atoms with van der Waals surface area (Å²) in [5.41, 5.74) is 3.42. The Balaban J connectivity index is 1.42. The average Bonchev–Trinajstić information content (AvgIpc) is 3.27. The van der Waals surface area contributed by atoms with Gasteiger partial charge in [-0.05, 0) is 53.0 Å². The van der Waals surface area contributed by atoms with Crippen molar-refractivity contribution in [1.29, 1.82) is 0 Å². The number of aliphatic imine (C=N–C) groups is 1. The van der Waals surface area contributed by atoms with Crippen molar-refractivity contribution >= 4 is 50.9 Å². The van der Waals surface area contributed by atoms with Gasteiger partial charge in [0.1, 0.15) is 13.2 Å². The van der Waals surface area contributed by atoms with E-state index in [-0.39, 0.29) is 13.2 Å². The van der Waals surface area contributed by atoms with Crippen LogP contribution in [0.4, 0.5) is 11.5 Å². The molecule has 0 bridgehead atoms. The Morgan fingerprint density at radius 1 is 1.12 bits per heavy atom. The van der Waals surface area contributed by atoms with Crippen molar-refractivity contribution in [2.45, 2.75) is 6.10 Å². The van der Waals surface area contributed by atoms with Crippen molar-refractivity contribution in [3.05, 3.63) is 65.2 Å². The van der Waals surface area contributed by atoms with Crippen LogP contribution < -0.4 is 14.8 Å². The first-order valence-electron chi connectivity index (χ1n) is 10.8. The number of hydrogen-bond acceptors (Lipinski definition) is 8. The summed E-state index contributed by atoms with van der Waals surface area (Å²) in [5, 5.41) is 23.3. The van der Waals surface area contributed by atoms with Crippen LogP contribution in [0.1, 0.15) is 5.56 Å². The van der Waals surface area contributed by atoms with E-state index in [4.69, 9.17) is 26.2 Å². The highest BCUT2D eigenvalue weighted by Gasteiger charge is 2.16. The molecule has 0 amide bonds. The standard InChI is InChI=1S/C25H22ClN3O4S/c26-24-18(16-5-6-21-22(11-16)33-9-8-32-21)2-1-3-20(24)28-25-19-10-15(4-7-23(19)34-29-25)12-27-13-17(31)14-30/h1-7,10-12,17,30-31H,8-9,13-14H2,(H,28,29). The van der Waals surface area contributed by atoms with Crippen molar-refractivity contribution < 1.29 is 19.7 Å². The fourth-order valence-electron chi connectivity index (χ4n) is 3.65. The summed E-state index contributed by atoms with van der Waals surface area (Å²) in [7, 11) is 0. The lowest BCUT2D eigenvalue weighted by atomic mass is 10.0. The minimum absolute atomic E-state index is 0.143. The molecule has 1 aliphatic rings. The largest absolute Gasteiger partial charge is 0.486 e. The van der Waals surface area contributed by atoms with Crippen molar-refractivity contribution in [2.75, 3.05) is 31.7 Å². The van der Waals surface area contributed by atoms with E-state index in [1.165, 1.54) is 11.5 Å². The van der Waals surface area contributed by atoms with Gasteiger partial charge in [0, 0.05) is 17.2 Å². The minimum Gasteiger partial charge on any atom is -0.486 e. The second-order valence-corrected chi connectivity index (χ2v) is 8.95. The van der Waals surface area contributed by atoms with Gasteiger partial charge in [0.05, 0.1) is 34.7 Å². The number of halogens is 1. The lowest BCUT2D eigenvalue weighted by molar-refractivity contribution is 0.102. The maximum atomic E-state index is 9.46. The maximum Gasteiger partial charge on any atom is 0.161 e. The molecule has 0 radical (unpaired) electrons. The van der Waals surface area contributed by atoms with Crippen LogP contribution in [0.25, 0.3) is 21.2 Å². The average molecular weight is 496 g/mol. The van der Waals surface area contributed by atoms with Crippen molar-refractivity contribution in [3.8, 4) is 22.6 Å². The summed E-state index contributed by atoms with van der Waals surface area (Å²) in [6, 6.07) is 17.5. The maximum absolute atomic E-state index is 9.46. The quantitative estimate of drug-likeness (QED) is 0.315. The molecule has 0 saturated carbocycles. The van der Waals surface area contributed by atoms with Crippen LogP contribution in [0.15, 0.2) is 59.6 Å². The fraction of sp³-hybridized carbons (Fsp3) is 0.200. The summed E-state index contributed by atoms with van der Waals surface area (Å²) in [5.74, 6) is 2.15. The molecule has 2 heterocycles. The molecular weight excluding hydrogens is 474 g/mol. The van der Waals surface area contributed by atoms with Crippen molar-refractivity contribution in [2.24, 2.45) is 4.99 Å². The predicted molar refractivity (Wildman–Crippen MR) is 136 cm³/mol. The molecule has 0 spiro atoms. The number of aliphatic hydroxyl groups excluding tert-OH is 2. The number of aliphatic hydroxyl groups is 2. The third kappa shape index (κ3) is 4.71. The van der Waals surface area contributed by atoms with Crippen LogP contribution in [0.3, 0.4) is 0 Å². The normalized spacial score (nSPS) is 14.0. The minimum atomic E-state index is -0.858. The SMILES string of the molecule is OCC(O)CN=Cc1ccc2snc(Nc3cccc(-c4ccc5c(c4)OCCO5)c3Cl)c2c1. The number of nitrogens with zero attached hydrogens (tertiary/aromatic N) is 2. The fourth-order valence-corrected chi connectivity index (χ4v) is 4.65. The first-order valence-corrected chi connectivity index (χ1v) is 11.9. The monoisotopic (exact) mass is 495 g/mol. The van der Waals surface area contributed by atoms with E-state index in [9.17, 15) is 5.11 Å². The van der Waals surface area contributed by atoms with Crippen LogP contribution in [-0.4, -0.2) is 53.3 Å². The Labute approximate surface area is 205 Å². The van der Waals surface area contributed by atoms with E-state index in [0.29, 0.717) is 29.8 Å². The molecule has 9 heteroatoms. The van der Waals surface area contributed by atoms with Gasteiger partial charge in [-0.2, -0.15) is 4.37 Å². The molecule has 34 heavy (non-hydrogen) atoms. The van der Waals surface area contributed by atoms with Gasteiger partial charge in [0.25, 0.3) is 0 Å². The third-order valence-corrected chi connectivity index (χ3v) is 6.60. The summed E-state index contributed by atoms with van der Waals surface area (Å²) in [6.45, 7) is 0.901. The molecule has 0 saturated heterocycles. The molecule has 1 aliphatic heterocycles. The van der Waals surface area contributed by atoms with Crippen LogP contribution in [0.2, 0.25) is 5.02 Å². The topological polar surface area (TPSA) is 96.2 Å². The molecule has 174 valence electrons. The van der Waals surface area contributed by atoms with Gasteiger partial charge in [0.2, 0.25) is 0 Å². The zero-order valence-electron chi connectivity index (χ0n) is 18.1. The van der Waals surface area contributed by atoms with Crippen LogP contribution >= 0.6 is 23.1 Å². The number of hydrogen-bond donors (Lipinski definition) is 3. The van der Waals surface area contributed by atoms with Gasteiger partial charge < -0.3 is 25.0 Å². The van der Waals surface area contributed by atoms with E-state index < -0.39 is 6.10 Å². The van der Waals surface area contributed by atoms with Gasteiger partial charge in [-0.25, -0.2) is 0 Å². The number of anilines is 2. The van der Waals surface area contributed by atoms with Crippen molar-refractivity contribution in [1.82, 2.24) is 4.37 Å². The molecule has 0 fully saturated rings. The molecule has 0 aliphatic carbocycles. The summed E-state index contributed by atoms with van der Waals surface area (Å²) < 4.78 is 16.9. The summed E-state index contributed by atoms with van der Waals surface area (Å²) in [4.78, 5) is 4.19. The van der Waals surface area contributed by atoms with E-state index in [2.05, 4.69) is 14.7 Å². The molecule has 4 aromatic rings. The Hall–Kier alpha value is -3.17. The zero-order valence-corrected chi connectivity index (χ0v) is 19.6. The zero-order chi connectivity index (χ0) is 23.5. The van der Waals surface area contributed by atoms with Gasteiger partial charge >= 0.3 is 0 Å². The molecule has 1 atom stereocenters. The number of ether oxygens (including phenoxy) is 2. The van der Waals surface area contributed by atoms with Gasteiger partial charge in [-0.15, -0.1) is 0 Å².